The molecule has 0 fully saturated rings. The minimum atomic E-state index is -0.127. The molecule has 1 amide bonds. The van der Waals surface area contributed by atoms with Crippen molar-refractivity contribution in [3.05, 3.63) is 59.0 Å². The van der Waals surface area contributed by atoms with E-state index in [2.05, 4.69) is 39.6 Å². The van der Waals surface area contributed by atoms with Crippen LogP contribution in [0.4, 0.5) is 5.13 Å². The SMILES string of the molecule is CCn1c(SCC(=O)Nc2nc(-c3ccc(OC)cc3)c(C)s2)nnc1-c1cccc(C)c1. The number of thioether (sulfide) groups is 1. The highest BCUT2D eigenvalue weighted by Gasteiger charge is 2.16. The van der Waals surface area contributed by atoms with Crippen LogP contribution in [0.15, 0.2) is 53.7 Å². The van der Waals surface area contributed by atoms with Gasteiger partial charge in [-0.05, 0) is 51.1 Å². The average molecular weight is 480 g/mol. The highest BCUT2D eigenvalue weighted by Crippen LogP contribution is 2.31. The fourth-order valence-corrected chi connectivity index (χ4v) is 5.08. The van der Waals surface area contributed by atoms with Crippen molar-refractivity contribution in [2.75, 3.05) is 18.2 Å². The van der Waals surface area contributed by atoms with E-state index in [1.165, 1.54) is 28.7 Å². The number of aromatic nitrogens is 4. The minimum Gasteiger partial charge on any atom is -0.497 e. The highest BCUT2D eigenvalue weighted by atomic mass is 32.2. The second-order valence-electron chi connectivity index (χ2n) is 7.41. The quantitative estimate of drug-likeness (QED) is 0.339. The molecule has 1 N–H and O–H groups in total. The van der Waals surface area contributed by atoms with Gasteiger partial charge in [0, 0.05) is 22.5 Å². The van der Waals surface area contributed by atoms with Crippen LogP contribution in [0.25, 0.3) is 22.6 Å². The number of carbonyl (C=O) groups excluding carboxylic acids is 1. The molecule has 0 aliphatic heterocycles. The minimum absolute atomic E-state index is 0.127. The molecule has 9 heteroatoms. The number of hydrogen-bond donors (Lipinski definition) is 1. The summed E-state index contributed by atoms with van der Waals surface area (Å²) in [6, 6.07) is 15.9. The summed E-state index contributed by atoms with van der Waals surface area (Å²) >= 11 is 2.83. The van der Waals surface area contributed by atoms with E-state index >= 15 is 0 Å². The van der Waals surface area contributed by atoms with Crippen LogP contribution in [-0.4, -0.2) is 38.5 Å². The summed E-state index contributed by atoms with van der Waals surface area (Å²) in [4.78, 5) is 18.3. The molecule has 0 unspecified atom stereocenters. The lowest BCUT2D eigenvalue weighted by molar-refractivity contribution is -0.113. The van der Waals surface area contributed by atoms with Gasteiger partial charge < -0.3 is 14.6 Å². The van der Waals surface area contributed by atoms with E-state index < -0.39 is 0 Å². The molecular formula is C24H25N5O2S2. The molecule has 33 heavy (non-hydrogen) atoms. The first kappa shape index (κ1) is 23.0. The molecular weight excluding hydrogens is 454 g/mol. The van der Waals surface area contributed by atoms with Crippen molar-refractivity contribution in [1.29, 1.82) is 0 Å². The summed E-state index contributed by atoms with van der Waals surface area (Å²) in [7, 11) is 1.64. The molecule has 0 atom stereocenters. The normalized spacial score (nSPS) is 10.9. The fourth-order valence-electron chi connectivity index (χ4n) is 3.43. The number of aryl methyl sites for hydroxylation is 2. The molecule has 4 rings (SSSR count). The molecule has 170 valence electrons. The van der Waals surface area contributed by atoms with Gasteiger partial charge in [-0.3, -0.25) is 4.79 Å². The summed E-state index contributed by atoms with van der Waals surface area (Å²) in [5, 5.41) is 12.9. The predicted octanol–water partition coefficient (Wildman–Crippen LogP) is 5.44. The predicted molar refractivity (Wildman–Crippen MR) is 134 cm³/mol. The van der Waals surface area contributed by atoms with E-state index in [0.29, 0.717) is 5.13 Å². The third-order valence-corrected chi connectivity index (χ3v) is 6.90. The Labute approximate surface area is 201 Å². The Morgan fingerprint density at radius 2 is 1.91 bits per heavy atom. The molecule has 2 heterocycles. The summed E-state index contributed by atoms with van der Waals surface area (Å²) in [5.74, 6) is 1.70. The Morgan fingerprint density at radius 3 is 2.61 bits per heavy atom. The number of carbonyl (C=O) groups is 1. The number of hydrogen-bond acceptors (Lipinski definition) is 7. The summed E-state index contributed by atoms with van der Waals surface area (Å²) in [6.07, 6.45) is 0. The monoisotopic (exact) mass is 479 g/mol. The lowest BCUT2D eigenvalue weighted by Crippen LogP contribution is -2.14. The van der Waals surface area contributed by atoms with Gasteiger partial charge in [0.2, 0.25) is 5.91 Å². The van der Waals surface area contributed by atoms with Gasteiger partial charge in [0.25, 0.3) is 0 Å². The van der Waals surface area contributed by atoms with Crippen LogP contribution >= 0.6 is 23.1 Å². The molecule has 2 aromatic carbocycles. The smallest absolute Gasteiger partial charge is 0.236 e. The molecule has 0 saturated heterocycles. The third kappa shape index (κ3) is 5.26. The van der Waals surface area contributed by atoms with Gasteiger partial charge in [-0.25, -0.2) is 4.98 Å². The maximum Gasteiger partial charge on any atom is 0.236 e. The molecule has 7 nitrogen and oxygen atoms in total. The van der Waals surface area contributed by atoms with E-state index in [1.807, 2.05) is 54.8 Å². The number of anilines is 1. The van der Waals surface area contributed by atoms with Crippen LogP contribution in [0.5, 0.6) is 5.75 Å². The largest absolute Gasteiger partial charge is 0.497 e. The molecule has 0 saturated carbocycles. The third-order valence-electron chi connectivity index (χ3n) is 5.05. The maximum absolute atomic E-state index is 12.6. The standard InChI is InChI=1S/C24H25N5O2S2/c1-5-29-22(18-8-6-7-15(2)13-18)27-28-24(29)32-14-20(30)25-23-26-21(16(3)33-23)17-9-11-19(31-4)12-10-17/h6-13H,5,14H2,1-4H3,(H,25,26,30). The van der Waals surface area contributed by atoms with Crippen molar-refractivity contribution in [1.82, 2.24) is 19.7 Å². The fraction of sp³-hybridized carbons (Fsp3) is 0.250. The Bertz CT molecular complexity index is 1260. The zero-order valence-corrected chi connectivity index (χ0v) is 20.6. The number of nitrogens with one attached hydrogen (secondary N) is 1. The first-order chi connectivity index (χ1) is 16.0. The zero-order chi connectivity index (χ0) is 23.4. The molecule has 4 aromatic rings. The number of rotatable bonds is 8. The number of thiazole rings is 1. The van der Waals surface area contributed by atoms with E-state index in [-0.39, 0.29) is 11.7 Å². The van der Waals surface area contributed by atoms with Gasteiger partial charge in [-0.2, -0.15) is 0 Å². The lowest BCUT2D eigenvalue weighted by atomic mass is 10.1. The molecule has 0 bridgehead atoms. The summed E-state index contributed by atoms with van der Waals surface area (Å²) in [6.45, 7) is 6.82. The van der Waals surface area contributed by atoms with Gasteiger partial charge in [-0.1, -0.05) is 35.5 Å². The van der Waals surface area contributed by atoms with Gasteiger partial charge in [0.1, 0.15) is 5.75 Å². The number of methoxy groups -OCH3 is 1. The van der Waals surface area contributed by atoms with Crippen molar-refractivity contribution < 1.29 is 9.53 Å². The second kappa shape index (κ2) is 10.2. The second-order valence-corrected chi connectivity index (χ2v) is 9.55. The Balaban J connectivity index is 1.42. The summed E-state index contributed by atoms with van der Waals surface area (Å²) < 4.78 is 7.25. The first-order valence-electron chi connectivity index (χ1n) is 10.5. The van der Waals surface area contributed by atoms with Crippen LogP contribution in [0, 0.1) is 13.8 Å². The van der Waals surface area contributed by atoms with Gasteiger partial charge in [0.15, 0.2) is 16.1 Å². The molecule has 0 radical (unpaired) electrons. The molecule has 0 aliphatic rings. The molecule has 0 aliphatic carbocycles. The number of benzene rings is 2. The highest BCUT2D eigenvalue weighted by molar-refractivity contribution is 7.99. The van der Waals surface area contributed by atoms with Crippen molar-refractivity contribution in [3.8, 4) is 28.4 Å². The van der Waals surface area contributed by atoms with Crippen LogP contribution in [0.2, 0.25) is 0 Å². The Kier molecular flexibility index (Phi) is 7.10. The van der Waals surface area contributed by atoms with Crippen molar-refractivity contribution in [3.63, 3.8) is 0 Å². The summed E-state index contributed by atoms with van der Waals surface area (Å²) in [5.41, 5.74) is 4.03. The number of nitrogens with zero attached hydrogens (tertiary/aromatic N) is 4. The van der Waals surface area contributed by atoms with Crippen LogP contribution in [-0.2, 0) is 11.3 Å². The van der Waals surface area contributed by atoms with E-state index in [1.54, 1.807) is 7.11 Å². The first-order valence-corrected chi connectivity index (χ1v) is 12.3. The van der Waals surface area contributed by atoms with E-state index in [4.69, 9.17) is 4.74 Å². The number of ether oxygens (including phenoxy) is 1. The van der Waals surface area contributed by atoms with Crippen molar-refractivity contribution in [2.45, 2.75) is 32.5 Å². The maximum atomic E-state index is 12.6. The number of amides is 1. The van der Waals surface area contributed by atoms with Gasteiger partial charge in [0.05, 0.1) is 18.6 Å². The van der Waals surface area contributed by atoms with Crippen LogP contribution in [0.3, 0.4) is 0 Å². The molecule has 2 aromatic heterocycles. The van der Waals surface area contributed by atoms with Crippen molar-refractivity contribution in [2.24, 2.45) is 0 Å². The molecule has 0 spiro atoms. The average Bonchev–Trinajstić information content (AvgIpc) is 3.40. The van der Waals surface area contributed by atoms with Gasteiger partial charge in [-0.15, -0.1) is 21.5 Å². The zero-order valence-electron chi connectivity index (χ0n) is 19.0. The Morgan fingerprint density at radius 1 is 1.12 bits per heavy atom. The Hall–Kier alpha value is -3.17. The van der Waals surface area contributed by atoms with Crippen molar-refractivity contribution >= 4 is 34.1 Å². The van der Waals surface area contributed by atoms with E-state index in [0.717, 1.165) is 45.0 Å². The van der Waals surface area contributed by atoms with Crippen LogP contribution < -0.4 is 10.1 Å². The van der Waals surface area contributed by atoms with Crippen LogP contribution in [0.1, 0.15) is 17.4 Å². The van der Waals surface area contributed by atoms with E-state index in [9.17, 15) is 4.79 Å². The topological polar surface area (TPSA) is 81.9 Å². The lowest BCUT2D eigenvalue weighted by Gasteiger charge is -2.07. The van der Waals surface area contributed by atoms with Gasteiger partial charge >= 0.3 is 0 Å².